The van der Waals surface area contributed by atoms with Crippen LogP contribution in [-0.2, 0) is 11.5 Å². The maximum atomic E-state index is 5.58. The van der Waals surface area contributed by atoms with Crippen molar-refractivity contribution < 1.29 is 4.42 Å². The third-order valence-electron chi connectivity index (χ3n) is 3.43. The summed E-state index contributed by atoms with van der Waals surface area (Å²) in [6.07, 6.45) is 3.95. The molecule has 0 aliphatic heterocycles. The highest BCUT2D eigenvalue weighted by Crippen LogP contribution is 2.30. The van der Waals surface area contributed by atoms with Crippen LogP contribution in [0.1, 0.15) is 36.1 Å². The number of benzene rings is 1. The molecule has 0 aliphatic rings. The maximum absolute atomic E-state index is 5.58. The van der Waals surface area contributed by atoms with Crippen molar-refractivity contribution in [2.45, 2.75) is 36.5 Å². The maximum Gasteiger partial charge on any atom is 0.276 e. The Kier molecular flexibility index (Phi) is 5.97. The predicted molar refractivity (Wildman–Crippen MR) is 103 cm³/mol. The molecule has 0 amide bonds. The van der Waals surface area contributed by atoms with E-state index in [-0.39, 0.29) is 0 Å². The number of rotatable bonds is 7. The molecule has 4 nitrogen and oxygen atoms in total. The minimum absolute atomic E-state index is 0.549. The number of nitrogens with zero attached hydrogens (tertiary/aromatic N) is 3. The summed E-state index contributed by atoms with van der Waals surface area (Å²) in [5, 5.41) is 9.75. The molecule has 0 atom stereocenters. The van der Waals surface area contributed by atoms with Crippen LogP contribution in [0.5, 0.6) is 0 Å². The van der Waals surface area contributed by atoms with E-state index in [1.165, 1.54) is 16.0 Å². The molecule has 0 bridgehead atoms. The van der Waals surface area contributed by atoms with Crippen molar-refractivity contribution in [1.29, 1.82) is 0 Å². The van der Waals surface area contributed by atoms with Crippen molar-refractivity contribution in [3.8, 4) is 10.6 Å². The van der Waals surface area contributed by atoms with E-state index < -0.39 is 0 Å². The van der Waals surface area contributed by atoms with Gasteiger partial charge in [-0.05, 0) is 17.7 Å². The lowest BCUT2D eigenvalue weighted by Crippen LogP contribution is -1.86. The molecule has 0 radical (unpaired) electrons. The van der Waals surface area contributed by atoms with Gasteiger partial charge in [-0.25, -0.2) is 4.98 Å². The number of hydrogen-bond acceptors (Lipinski definition) is 7. The third kappa shape index (κ3) is 4.40. The van der Waals surface area contributed by atoms with E-state index in [0.29, 0.717) is 17.0 Å². The molecule has 0 spiro atoms. The highest BCUT2D eigenvalue weighted by Gasteiger charge is 2.10. The van der Waals surface area contributed by atoms with Crippen LogP contribution in [0.3, 0.4) is 0 Å². The van der Waals surface area contributed by atoms with Crippen molar-refractivity contribution in [3.05, 3.63) is 46.8 Å². The summed E-state index contributed by atoms with van der Waals surface area (Å²) in [5.74, 6) is 2.78. The van der Waals surface area contributed by atoms with Crippen molar-refractivity contribution >= 4 is 34.9 Å². The van der Waals surface area contributed by atoms with Crippen molar-refractivity contribution in [2.75, 3.05) is 6.26 Å². The lowest BCUT2D eigenvalue weighted by atomic mass is 10.0. The molecule has 0 N–H and O–H groups in total. The fourth-order valence-corrected chi connectivity index (χ4v) is 4.21. The van der Waals surface area contributed by atoms with Crippen LogP contribution in [0, 0.1) is 0 Å². The van der Waals surface area contributed by atoms with Gasteiger partial charge in [0.1, 0.15) is 5.01 Å². The molecule has 3 aromatic rings. The average molecular weight is 378 g/mol. The molecule has 3 rings (SSSR count). The first kappa shape index (κ1) is 17.5. The molecule has 0 aliphatic carbocycles. The van der Waals surface area contributed by atoms with E-state index in [1.807, 2.05) is 12.5 Å². The minimum atomic E-state index is 0.549. The smallest absolute Gasteiger partial charge is 0.276 e. The minimum Gasteiger partial charge on any atom is -0.415 e. The van der Waals surface area contributed by atoms with Crippen LogP contribution in [0.15, 0.2) is 40.1 Å². The highest BCUT2D eigenvalue weighted by molar-refractivity contribution is 7.98. The Morgan fingerprint density at radius 1 is 1.12 bits per heavy atom. The van der Waals surface area contributed by atoms with Crippen molar-refractivity contribution in [2.24, 2.45) is 0 Å². The first-order valence-corrected chi connectivity index (χ1v) is 10.8. The number of thioether (sulfide) groups is 2. The average Bonchev–Trinajstić information content (AvgIpc) is 3.23. The van der Waals surface area contributed by atoms with Gasteiger partial charge in [-0.3, -0.25) is 0 Å². The summed E-state index contributed by atoms with van der Waals surface area (Å²) < 4.78 is 5.58. The molecular weight excluding hydrogens is 358 g/mol. The summed E-state index contributed by atoms with van der Waals surface area (Å²) in [7, 11) is 0. The van der Waals surface area contributed by atoms with E-state index >= 15 is 0 Å². The van der Waals surface area contributed by atoms with Crippen LogP contribution in [0.4, 0.5) is 0 Å². The predicted octanol–water partition coefficient (Wildman–Crippen LogP) is 5.47. The lowest BCUT2D eigenvalue weighted by Gasteiger charge is -2.05. The van der Waals surface area contributed by atoms with E-state index in [4.69, 9.17) is 4.42 Å². The van der Waals surface area contributed by atoms with Crippen molar-refractivity contribution in [3.63, 3.8) is 0 Å². The van der Waals surface area contributed by atoms with E-state index in [9.17, 15) is 0 Å². The second-order valence-corrected chi connectivity index (χ2v) is 8.50. The molecule has 126 valence electrons. The van der Waals surface area contributed by atoms with Crippen LogP contribution in [-0.4, -0.2) is 21.4 Å². The summed E-state index contributed by atoms with van der Waals surface area (Å²) in [5.41, 5.74) is 2.52. The Balaban J connectivity index is 1.62. The SMILES string of the molecule is CSCc1nnc(SCc2cnc(-c3ccc(C(C)C)cc3)s2)o1. The van der Waals surface area contributed by atoms with E-state index in [2.05, 4.69) is 53.3 Å². The summed E-state index contributed by atoms with van der Waals surface area (Å²) >= 11 is 4.94. The third-order valence-corrected chi connectivity index (χ3v) is 6.06. The quantitative estimate of drug-likeness (QED) is 0.509. The van der Waals surface area contributed by atoms with Gasteiger partial charge in [-0.2, -0.15) is 11.8 Å². The summed E-state index contributed by atoms with van der Waals surface area (Å²) in [6, 6.07) is 8.67. The highest BCUT2D eigenvalue weighted by atomic mass is 32.2. The summed E-state index contributed by atoms with van der Waals surface area (Å²) in [6.45, 7) is 4.41. The topological polar surface area (TPSA) is 51.8 Å². The Hall–Kier alpha value is -1.31. The Bertz CT molecular complexity index is 780. The second kappa shape index (κ2) is 8.18. The molecule has 1 aromatic carbocycles. The molecule has 0 saturated heterocycles. The number of hydrogen-bond donors (Lipinski definition) is 0. The van der Waals surface area contributed by atoms with Crippen LogP contribution >= 0.6 is 34.9 Å². The molecule has 0 fully saturated rings. The van der Waals surface area contributed by atoms with Gasteiger partial charge in [-0.15, -0.1) is 21.5 Å². The zero-order chi connectivity index (χ0) is 16.9. The molecule has 0 unspecified atom stereocenters. The standard InChI is InChI=1S/C17H19N3OS3/c1-11(2)12-4-6-13(7-5-12)16-18-8-14(24-16)9-23-17-20-19-15(21-17)10-22-3/h4-8,11H,9-10H2,1-3H3. The first-order valence-electron chi connectivity index (χ1n) is 7.65. The Labute approximate surface area is 154 Å². The molecule has 24 heavy (non-hydrogen) atoms. The molecule has 0 saturated carbocycles. The fourth-order valence-electron chi connectivity index (χ4n) is 2.13. The normalized spacial score (nSPS) is 11.3. The van der Waals surface area contributed by atoms with Gasteiger partial charge < -0.3 is 4.42 Å². The van der Waals surface area contributed by atoms with E-state index in [0.717, 1.165) is 16.5 Å². The van der Waals surface area contributed by atoms with Crippen LogP contribution < -0.4 is 0 Å². The Morgan fingerprint density at radius 3 is 2.62 bits per heavy atom. The van der Waals surface area contributed by atoms with Crippen LogP contribution in [0.2, 0.25) is 0 Å². The molecule has 2 heterocycles. The van der Waals surface area contributed by atoms with Gasteiger partial charge in [0.2, 0.25) is 5.89 Å². The molecule has 2 aromatic heterocycles. The number of thiazole rings is 1. The van der Waals surface area contributed by atoms with Gasteiger partial charge in [0.25, 0.3) is 5.22 Å². The molecular formula is C17H19N3OS3. The number of aromatic nitrogens is 3. The van der Waals surface area contributed by atoms with Gasteiger partial charge in [0.05, 0.1) is 5.75 Å². The fraction of sp³-hybridized carbons (Fsp3) is 0.353. The van der Waals surface area contributed by atoms with Gasteiger partial charge in [-0.1, -0.05) is 49.9 Å². The zero-order valence-corrected chi connectivity index (χ0v) is 16.3. The largest absolute Gasteiger partial charge is 0.415 e. The van der Waals surface area contributed by atoms with E-state index in [1.54, 1.807) is 34.9 Å². The van der Waals surface area contributed by atoms with Crippen LogP contribution in [0.25, 0.3) is 10.6 Å². The van der Waals surface area contributed by atoms with Gasteiger partial charge in [0, 0.05) is 22.4 Å². The first-order chi connectivity index (χ1) is 11.7. The second-order valence-electron chi connectivity index (χ2n) is 5.59. The Morgan fingerprint density at radius 2 is 1.92 bits per heavy atom. The van der Waals surface area contributed by atoms with Gasteiger partial charge >= 0.3 is 0 Å². The van der Waals surface area contributed by atoms with Crippen molar-refractivity contribution in [1.82, 2.24) is 15.2 Å². The summed E-state index contributed by atoms with van der Waals surface area (Å²) in [4.78, 5) is 5.74. The molecule has 7 heteroatoms. The monoisotopic (exact) mass is 377 g/mol. The van der Waals surface area contributed by atoms with Gasteiger partial charge in [0.15, 0.2) is 0 Å². The lowest BCUT2D eigenvalue weighted by molar-refractivity contribution is 0.426. The zero-order valence-electron chi connectivity index (χ0n) is 13.9.